The summed E-state index contributed by atoms with van der Waals surface area (Å²) in [6.07, 6.45) is 1.72. The van der Waals surface area contributed by atoms with Crippen molar-refractivity contribution in [2.45, 2.75) is 0 Å². The first-order valence-electron chi connectivity index (χ1n) is 11.1. The van der Waals surface area contributed by atoms with Gasteiger partial charge in [0.05, 0.1) is 22.7 Å². The van der Waals surface area contributed by atoms with E-state index in [0.29, 0.717) is 54.2 Å². The summed E-state index contributed by atoms with van der Waals surface area (Å²) >= 11 is 16.1. The largest absolute Gasteiger partial charge is 0.493 e. The van der Waals surface area contributed by atoms with Crippen LogP contribution in [0.15, 0.2) is 64.0 Å². The van der Waals surface area contributed by atoms with Crippen molar-refractivity contribution in [2.75, 3.05) is 30.7 Å². The minimum atomic E-state index is -0.360. The molecule has 8 nitrogen and oxygen atoms in total. The number of thioether (sulfide) groups is 1. The fourth-order valence-electron chi connectivity index (χ4n) is 3.67. The molecule has 1 saturated heterocycles. The van der Waals surface area contributed by atoms with Gasteiger partial charge in [-0.1, -0.05) is 41.6 Å². The highest BCUT2D eigenvalue weighted by molar-refractivity contribution is 9.10. The van der Waals surface area contributed by atoms with Crippen LogP contribution in [0.3, 0.4) is 0 Å². The third-order valence-electron chi connectivity index (χ3n) is 5.46. The summed E-state index contributed by atoms with van der Waals surface area (Å²) in [5.41, 5.74) is 1.85. The zero-order chi connectivity index (χ0) is 26.8. The summed E-state index contributed by atoms with van der Waals surface area (Å²) in [4.78, 5) is 27.4. The van der Waals surface area contributed by atoms with Gasteiger partial charge < -0.3 is 24.3 Å². The Morgan fingerprint density at radius 1 is 1.16 bits per heavy atom. The van der Waals surface area contributed by atoms with Crippen molar-refractivity contribution in [3.63, 3.8) is 0 Å². The number of benzene rings is 3. The summed E-state index contributed by atoms with van der Waals surface area (Å²) < 4.78 is 23.0. The van der Waals surface area contributed by atoms with Crippen LogP contribution in [0.4, 0.5) is 11.4 Å². The average molecular weight is 634 g/mol. The molecule has 0 bridgehead atoms. The van der Waals surface area contributed by atoms with Crippen LogP contribution in [0.2, 0.25) is 5.02 Å². The molecule has 1 fully saturated rings. The molecule has 0 saturated carbocycles. The molecule has 1 N–H and O–H groups in total. The summed E-state index contributed by atoms with van der Waals surface area (Å²) in [7, 11) is 1.50. The van der Waals surface area contributed by atoms with E-state index in [0.717, 1.165) is 4.47 Å². The number of methoxy groups -OCH3 is 1. The number of nitrogens with one attached hydrogen (secondary N) is 1. The quantitative estimate of drug-likeness (QED) is 0.241. The second-order valence-corrected chi connectivity index (χ2v) is 10.9. The first kappa shape index (κ1) is 26.4. The van der Waals surface area contributed by atoms with Crippen LogP contribution < -0.4 is 29.2 Å². The molecule has 0 atom stereocenters. The molecule has 2 aliphatic heterocycles. The first-order chi connectivity index (χ1) is 18.3. The highest BCUT2D eigenvalue weighted by Crippen LogP contribution is 2.41. The van der Waals surface area contributed by atoms with Gasteiger partial charge in [-0.05, 0) is 70.0 Å². The predicted octanol–water partition coefficient (Wildman–Crippen LogP) is 6.26. The molecule has 0 spiro atoms. The van der Waals surface area contributed by atoms with E-state index in [2.05, 4.69) is 21.2 Å². The predicted molar refractivity (Wildman–Crippen MR) is 154 cm³/mol. The average Bonchev–Trinajstić information content (AvgIpc) is 3.48. The number of amides is 2. The lowest BCUT2D eigenvalue weighted by atomic mass is 10.1. The highest BCUT2D eigenvalue weighted by atomic mass is 79.9. The lowest BCUT2D eigenvalue weighted by Gasteiger charge is -2.14. The van der Waals surface area contributed by atoms with E-state index in [1.807, 2.05) is 0 Å². The second-order valence-electron chi connectivity index (χ2n) is 7.93. The number of fused-ring (bicyclic) bond motifs is 1. The molecule has 2 heterocycles. The topological polar surface area (TPSA) is 86.3 Å². The van der Waals surface area contributed by atoms with E-state index < -0.39 is 0 Å². The molecule has 38 heavy (non-hydrogen) atoms. The molecular formula is C26H18BrClN2O6S2. The Bertz CT molecular complexity index is 1500. The SMILES string of the molecule is COc1cc(/C=C2/SC(=S)N(c3ccc4c(c3)OCO4)C2=O)ccc1OCC(=O)Nc1ccc(Br)c(Cl)c1. The number of rotatable bonds is 7. The molecule has 0 unspecified atom stereocenters. The van der Waals surface area contributed by atoms with Gasteiger partial charge in [-0.2, -0.15) is 0 Å². The van der Waals surface area contributed by atoms with E-state index in [1.54, 1.807) is 60.7 Å². The lowest BCUT2D eigenvalue weighted by molar-refractivity contribution is -0.118. The smallest absolute Gasteiger partial charge is 0.270 e. The molecule has 2 aliphatic rings. The Morgan fingerprint density at radius 3 is 2.76 bits per heavy atom. The van der Waals surface area contributed by atoms with Gasteiger partial charge >= 0.3 is 0 Å². The zero-order valence-corrected chi connectivity index (χ0v) is 23.6. The third kappa shape index (κ3) is 5.60. The van der Waals surface area contributed by atoms with Gasteiger partial charge in [0.25, 0.3) is 11.8 Å². The number of thiocarbonyl (C=S) groups is 1. The van der Waals surface area contributed by atoms with Crippen molar-refractivity contribution in [3.05, 3.63) is 74.6 Å². The molecule has 0 aliphatic carbocycles. The summed E-state index contributed by atoms with van der Waals surface area (Å²) in [6, 6.07) is 15.5. The van der Waals surface area contributed by atoms with E-state index in [-0.39, 0.29) is 25.2 Å². The van der Waals surface area contributed by atoms with Gasteiger partial charge in [0.1, 0.15) is 0 Å². The molecule has 3 aromatic carbocycles. The van der Waals surface area contributed by atoms with E-state index in [9.17, 15) is 9.59 Å². The van der Waals surface area contributed by atoms with E-state index in [1.165, 1.54) is 23.8 Å². The van der Waals surface area contributed by atoms with Crippen molar-refractivity contribution in [1.29, 1.82) is 0 Å². The van der Waals surface area contributed by atoms with Crippen LogP contribution in [-0.2, 0) is 9.59 Å². The van der Waals surface area contributed by atoms with Gasteiger partial charge in [0.2, 0.25) is 6.79 Å². The Balaban J connectivity index is 1.27. The highest BCUT2D eigenvalue weighted by Gasteiger charge is 2.34. The Labute approximate surface area is 241 Å². The standard InChI is InChI=1S/C26H18BrClN2O6S2/c1-33-21-8-14(2-6-19(21)34-12-24(31)29-15-3-5-17(27)18(28)10-15)9-23-25(32)30(26(37)38-23)16-4-7-20-22(11-16)36-13-35-20/h2-11H,12-13H2,1H3,(H,29,31)/b23-9+. The van der Waals surface area contributed by atoms with Crippen molar-refractivity contribution in [2.24, 2.45) is 0 Å². The number of halogens is 2. The van der Waals surface area contributed by atoms with Crippen LogP contribution in [0.25, 0.3) is 6.08 Å². The maximum absolute atomic E-state index is 13.2. The number of ether oxygens (including phenoxy) is 4. The summed E-state index contributed by atoms with van der Waals surface area (Å²) in [5, 5.41) is 3.21. The van der Waals surface area contributed by atoms with Crippen LogP contribution in [-0.4, -0.2) is 36.6 Å². The summed E-state index contributed by atoms with van der Waals surface area (Å²) in [5.74, 6) is 1.37. The fourth-order valence-corrected chi connectivity index (χ4v) is 5.40. The van der Waals surface area contributed by atoms with Crippen molar-refractivity contribution in [3.8, 4) is 23.0 Å². The fraction of sp³-hybridized carbons (Fsp3) is 0.115. The number of carbonyl (C=O) groups is 2. The van der Waals surface area contributed by atoms with Crippen LogP contribution in [0.1, 0.15) is 5.56 Å². The first-order valence-corrected chi connectivity index (χ1v) is 13.5. The Kier molecular flexibility index (Phi) is 7.80. The number of anilines is 2. The van der Waals surface area contributed by atoms with Gasteiger partial charge in [0.15, 0.2) is 33.9 Å². The van der Waals surface area contributed by atoms with E-state index in [4.69, 9.17) is 42.8 Å². The number of carbonyl (C=O) groups excluding carboxylic acids is 2. The zero-order valence-electron chi connectivity index (χ0n) is 19.7. The van der Waals surface area contributed by atoms with Crippen molar-refractivity contribution in [1.82, 2.24) is 0 Å². The molecule has 3 aromatic rings. The molecule has 0 radical (unpaired) electrons. The molecule has 0 aromatic heterocycles. The van der Waals surface area contributed by atoms with Gasteiger partial charge in [0, 0.05) is 16.2 Å². The van der Waals surface area contributed by atoms with Gasteiger partial charge in [-0.25, -0.2) is 0 Å². The maximum atomic E-state index is 13.2. The number of hydrogen-bond donors (Lipinski definition) is 1. The number of hydrogen-bond acceptors (Lipinski definition) is 8. The van der Waals surface area contributed by atoms with E-state index >= 15 is 0 Å². The normalized spacial score (nSPS) is 15.2. The van der Waals surface area contributed by atoms with Crippen molar-refractivity contribution < 1.29 is 28.5 Å². The van der Waals surface area contributed by atoms with Gasteiger partial charge in [-0.3, -0.25) is 14.5 Å². The summed E-state index contributed by atoms with van der Waals surface area (Å²) in [6.45, 7) is -0.0963. The molecule has 194 valence electrons. The number of nitrogens with zero attached hydrogens (tertiary/aromatic N) is 1. The van der Waals surface area contributed by atoms with Crippen LogP contribution in [0.5, 0.6) is 23.0 Å². The van der Waals surface area contributed by atoms with Crippen LogP contribution >= 0.6 is 51.5 Å². The second kappa shape index (κ2) is 11.2. The van der Waals surface area contributed by atoms with Gasteiger partial charge in [-0.15, -0.1) is 0 Å². The Hall–Kier alpha value is -3.25. The minimum Gasteiger partial charge on any atom is -0.493 e. The maximum Gasteiger partial charge on any atom is 0.270 e. The monoisotopic (exact) mass is 632 g/mol. The lowest BCUT2D eigenvalue weighted by Crippen LogP contribution is -2.27. The molecule has 2 amide bonds. The third-order valence-corrected chi connectivity index (χ3v) is 7.99. The molecule has 5 rings (SSSR count). The minimum absolute atomic E-state index is 0.142. The molecular weight excluding hydrogens is 616 g/mol. The Morgan fingerprint density at radius 2 is 1.97 bits per heavy atom. The van der Waals surface area contributed by atoms with Crippen molar-refractivity contribution >= 4 is 85.1 Å². The molecule has 12 heteroatoms. The van der Waals surface area contributed by atoms with Crippen LogP contribution in [0, 0.1) is 0 Å².